The number of likely N-dealkylation sites (tertiary alicyclic amines) is 1. The molecule has 2 N–H and O–H groups in total. The Hall–Kier alpha value is -1.12. The van der Waals surface area contributed by atoms with Gasteiger partial charge in [0, 0.05) is 19.6 Å². The standard InChI is InChI=1S/C14H25N3O4S/c1-15-22(19,20)11-13-3-2-6-17(10-13)14(18)16-9-12-4-7-21-8-5-12/h4,13,15H,2-3,5-11H2,1H3,(H,16,18). The molecule has 0 saturated carbocycles. The predicted octanol–water partition coefficient (Wildman–Crippen LogP) is 0.304. The number of carbonyl (C=O) groups excluding carboxylic acids is 1. The van der Waals surface area contributed by atoms with Crippen LogP contribution in [0.1, 0.15) is 19.3 Å². The Kier molecular flexibility index (Phi) is 6.22. The van der Waals surface area contributed by atoms with E-state index in [1.807, 2.05) is 6.08 Å². The summed E-state index contributed by atoms with van der Waals surface area (Å²) in [7, 11) is -1.81. The van der Waals surface area contributed by atoms with Gasteiger partial charge in [-0.25, -0.2) is 17.9 Å². The molecule has 0 aromatic heterocycles. The molecule has 1 atom stereocenters. The summed E-state index contributed by atoms with van der Waals surface area (Å²) in [6, 6.07) is -0.112. The second-order valence-corrected chi connectivity index (χ2v) is 7.76. The first-order valence-corrected chi connectivity index (χ1v) is 9.35. The van der Waals surface area contributed by atoms with Crippen LogP contribution < -0.4 is 10.0 Å². The lowest BCUT2D eigenvalue weighted by atomic mass is 10.0. The molecule has 2 aliphatic heterocycles. The smallest absolute Gasteiger partial charge is 0.317 e. The van der Waals surface area contributed by atoms with Crippen molar-refractivity contribution in [1.29, 1.82) is 0 Å². The molecule has 126 valence electrons. The van der Waals surface area contributed by atoms with Crippen molar-refractivity contribution >= 4 is 16.1 Å². The van der Waals surface area contributed by atoms with E-state index in [2.05, 4.69) is 10.0 Å². The lowest BCUT2D eigenvalue weighted by molar-refractivity contribution is 0.152. The van der Waals surface area contributed by atoms with Crippen molar-refractivity contribution in [2.24, 2.45) is 5.92 Å². The lowest BCUT2D eigenvalue weighted by Crippen LogP contribution is -2.47. The van der Waals surface area contributed by atoms with Crippen LogP contribution >= 0.6 is 0 Å². The van der Waals surface area contributed by atoms with Crippen LogP contribution in [0.25, 0.3) is 0 Å². The fourth-order valence-electron chi connectivity index (χ4n) is 2.81. The Morgan fingerprint density at radius 2 is 2.32 bits per heavy atom. The third-order valence-corrected chi connectivity index (χ3v) is 5.63. The van der Waals surface area contributed by atoms with Crippen LogP contribution in [0.4, 0.5) is 4.79 Å². The summed E-state index contributed by atoms with van der Waals surface area (Å²) in [5.41, 5.74) is 1.19. The number of nitrogens with one attached hydrogen (secondary N) is 2. The summed E-state index contributed by atoms with van der Waals surface area (Å²) >= 11 is 0. The number of piperidine rings is 1. The molecule has 8 heteroatoms. The van der Waals surface area contributed by atoms with E-state index in [1.54, 1.807) is 4.90 Å². The van der Waals surface area contributed by atoms with Crippen molar-refractivity contribution in [2.75, 3.05) is 45.6 Å². The Bertz CT molecular complexity index is 518. The molecule has 2 rings (SSSR count). The summed E-state index contributed by atoms with van der Waals surface area (Å²) in [5, 5.41) is 2.92. The van der Waals surface area contributed by atoms with Crippen LogP contribution in [0.15, 0.2) is 11.6 Å². The molecule has 0 aliphatic carbocycles. The molecule has 1 saturated heterocycles. The maximum atomic E-state index is 12.2. The van der Waals surface area contributed by atoms with Crippen molar-refractivity contribution in [3.05, 3.63) is 11.6 Å². The van der Waals surface area contributed by atoms with Crippen LogP contribution in [-0.4, -0.2) is 65.0 Å². The van der Waals surface area contributed by atoms with Crippen molar-refractivity contribution < 1.29 is 17.9 Å². The van der Waals surface area contributed by atoms with Crippen molar-refractivity contribution in [2.45, 2.75) is 19.3 Å². The van der Waals surface area contributed by atoms with Gasteiger partial charge in [0.25, 0.3) is 0 Å². The summed E-state index contributed by atoms with van der Waals surface area (Å²) in [5.74, 6) is 0.0784. The summed E-state index contributed by atoms with van der Waals surface area (Å²) < 4.78 is 30.8. The van der Waals surface area contributed by atoms with E-state index >= 15 is 0 Å². The normalized spacial score (nSPS) is 23.0. The van der Waals surface area contributed by atoms with Crippen LogP contribution in [0.5, 0.6) is 0 Å². The first-order chi connectivity index (χ1) is 10.5. The monoisotopic (exact) mass is 331 g/mol. The number of hydrogen-bond acceptors (Lipinski definition) is 4. The van der Waals surface area contributed by atoms with Crippen LogP contribution in [0.2, 0.25) is 0 Å². The van der Waals surface area contributed by atoms with Crippen LogP contribution in [0.3, 0.4) is 0 Å². The SMILES string of the molecule is CNS(=O)(=O)CC1CCCN(C(=O)NCC2=CCOCC2)C1. The number of hydrogen-bond donors (Lipinski definition) is 2. The van der Waals surface area contributed by atoms with Gasteiger partial charge in [-0.15, -0.1) is 0 Å². The van der Waals surface area contributed by atoms with Crippen LogP contribution in [0, 0.1) is 5.92 Å². The van der Waals surface area contributed by atoms with Gasteiger partial charge in [0.15, 0.2) is 0 Å². The highest BCUT2D eigenvalue weighted by molar-refractivity contribution is 7.89. The molecule has 1 unspecified atom stereocenters. The average Bonchev–Trinajstić information content (AvgIpc) is 2.53. The predicted molar refractivity (Wildman–Crippen MR) is 84.1 cm³/mol. The molecule has 2 amide bonds. The zero-order chi connectivity index (χ0) is 16.0. The van der Waals surface area contributed by atoms with Gasteiger partial charge in [-0.2, -0.15) is 0 Å². The van der Waals surface area contributed by atoms with E-state index in [-0.39, 0.29) is 17.7 Å². The van der Waals surface area contributed by atoms with Gasteiger partial charge >= 0.3 is 6.03 Å². The molecule has 0 aromatic carbocycles. The van der Waals surface area contributed by atoms with Crippen molar-refractivity contribution in [3.8, 4) is 0 Å². The maximum Gasteiger partial charge on any atom is 0.317 e. The Labute approximate surface area is 132 Å². The number of urea groups is 1. The van der Waals surface area contributed by atoms with Gasteiger partial charge in [0.2, 0.25) is 10.0 Å². The van der Waals surface area contributed by atoms with Gasteiger partial charge in [-0.3, -0.25) is 0 Å². The molecule has 0 aromatic rings. The van der Waals surface area contributed by atoms with E-state index in [9.17, 15) is 13.2 Å². The quantitative estimate of drug-likeness (QED) is 0.710. The largest absolute Gasteiger partial charge is 0.377 e. The number of rotatable bonds is 5. The Balaban J connectivity index is 1.80. The second kappa shape index (κ2) is 7.94. The Morgan fingerprint density at radius 1 is 1.50 bits per heavy atom. The van der Waals surface area contributed by atoms with Crippen molar-refractivity contribution in [1.82, 2.24) is 14.9 Å². The highest BCUT2D eigenvalue weighted by atomic mass is 32.2. The molecular weight excluding hydrogens is 306 g/mol. The van der Waals surface area contributed by atoms with Gasteiger partial charge in [0.05, 0.1) is 19.0 Å². The number of ether oxygens (including phenoxy) is 1. The van der Waals surface area contributed by atoms with Gasteiger partial charge < -0.3 is 15.0 Å². The molecule has 7 nitrogen and oxygen atoms in total. The molecule has 22 heavy (non-hydrogen) atoms. The fourth-order valence-corrected chi connectivity index (χ4v) is 3.87. The number of sulfonamides is 1. The maximum absolute atomic E-state index is 12.2. The molecule has 2 aliphatic rings. The van der Waals surface area contributed by atoms with Gasteiger partial charge in [0.1, 0.15) is 0 Å². The van der Waals surface area contributed by atoms with Gasteiger partial charge in [-0.1, -0.05) is 11.6 Å². The molecule has 0 radical (unpaired) electrons. The third kappa shape index (κ3) is 5.26. The second-order valence-electron chi connectivity index (χ2n) is 5.79. The number of amides is 2. The molecular formula is C14H25N3O4S. The lowest BCUT2D eigenvalue weighted by Gasteiger charge is -2.32. The third-order valence-electron chi connectivity index (χ3n) is 4.10. The first kappa shape index (κ1) is 17.2. The summed E-state index contributed by atoms with van der Waals surface area (Å²) in [6.45, 7) is 3.03. The molecule has 1 fully saturated rings. The highest BCUT2D eigenvalue weighted by Gasteiger charge is 2.27. The summed E-state index contributed by atoms with van der Waals surface area (Å²) in [4.78, 5) is 13.9. The van der Waals surface area contributed by atoms with Gasteiger partial charge in [-0.05, 0) is 32.2 Å². The minimum atomic E-state index is -3.23. The van der Waals surface area contributed by atoms with Crippen molar-refractivity contribution in [3.63, 3.8) is 0 Å². The Morgan fingerprint density at radius 3 is 3.00 bits per heavy atom. The zero-order valence-corrected chi connectivity index (χ0v) is 13.8. The fraction of sp³-hybridized carbons (Fsp3) is 0.786. The molecule has 0 bridgehead atoms. The summed E-state index contributed by atoms with van der Waals surface area (Å²) in [6.07, 6.45) is 4.53. The highest BCUT2D eigenvalue weighted by Crippen LogP contribution is 2.18. The minimum Gasteiger partial charge on any atom is -0.377 e. The van der Waals surface area contributed by atoms with E-state index in [4.69, 9.17) is 4.74 Å². The molecule has 0 spiro atoms. The van der Waals surface area contributed by atoms with E-state index < -0.39 is 10.0 Å². The number of nitrogens with zero attached hydrogens (tertiary/aromatic N) is 1. The van der Waals surface area contributed by atoms with E-state index in [0.29, 0.717) is 32.8 Å². The average molecular weight is 331 g/mol. The van der Waals surface area contributed by atoms with E-state index in [1.165, 1.54) is 12.6 Å². The minimum absolute atomic E-state index is 0.000698. The van der Waals surface area contributed by atoms with Crippen LogP contribution in [-0.2, 0) is 14.8 Å². The zero-order valence-electron chi connectivity index (χ0n) is 13.0. The van der Waals surface area contributed by atoms with E-state index in [0.717, 1.165) is 19.3 Å². The molecule has 2 heterocycles. The number of carbonyl (C=O) groups is 1. The topological polar surface area (TPSA) is 87.7 Å². The first-order valence-electron chi connectivity index (χ1n) is 7.70.